The molecule has 0 fully saturated rings. The van der Waals surface area contributed by atoms with Crippen molar-refractivity contribution < 1.29 is 18.7 Å². The molecule has 0 spiro atoms. The highest BCUT2D eigenvalue weighted by molar-refractivity contribution is 5.83. The number of hydrogen-bond acceptors (Lipinski definition) is 6. The lowest BCUT2D eigenvalue weighted by molar-refractivity contribution is -0.124. The van der Waals surface area contributed by atoms with Crippen LogP contribution in [-0.2, 0) is 11.2 Å². The number of carbonyl (C=O) groups excluding carboxylic acids is 1. The highest BCUT2D eigenvalue weighted by Gasteiger charge is 2.21. The minimum absolute atomic E-state index is 0.278. The molecule has 1 N–H and O–H groups in total. The number of nitrogens with one attached hydrogen (secondary N) is 1. The molecule has 9 heteroatoms. The Hall–Kier alpha value is -3.75. The Morgan fingerprint density at radius 1 is 1.12 bits per heavy atom. The molecule has 0 aliphatic rings. The zero-order chi connectivity index (χ0) is 23.5. The highest BCUT2D eigenvalue weighted by atomic mass is 16.5. The first-order chi connectivity index (χ1) is 15.9. The number of fused-ring (bicyclic) bond motifs is 3. The van der Waals surface area contributed by atoms with E-state index in [9.17, 15) is 9.59 Å². The number of amides is 1. The van der Waals surface area contributed by atoms with Gasteiger partial charge in [0.05, 0.1) is 25.0 Å². The van der Waals surface area contributed by atoms with E-state index >= 15 is 0 Å². The average Bonchev–Trinajstić information content (AvgIpc) is 3.39. The summed E-state index contributed by atoms with van der Waals surface area (Å²) in [4.78, 5) is 25.8. The minimum Gasteiger partial charge on any atom is -0.490 e. The number of benzene rings is 1. The third kappa shape index (κ3) is 4.30. The summed E-state index contributed by atoms with van der Waals surface area (Å²) in [5, 5.41) is 7.28. The molecule has 3 aromatic heterocycles. The molecule has 0 saturated carbocycles. The normalized spacial score (nSPS) is 12.2. The van der Waals surface area contributed by atoms with Gasteiger partial charge in [-0.05, 0) is 51.8 Å². The SMILES string of the molecule is CCOc1ccc(CCNC(=O)[C@H](C)n2nc(C)n3c(cc4occc43)c2=O)cc1OCC. The Labute approximate surface area is 190 Å². The predicted molar refractivity (Wildman–Crippen MR) is 124 cm³/mol. The van der Waals surface area contributed by atoms with Gasteiger partial charge in [0.25, 0.3) is 5.56 Å². The molecule has 0 aliphatic carbocycles. The van der Waals surface area contributed by atoms with Crippen LogP contribution in [0.3, 0.4) is 0 Å². The van der Waals surface area contributed by atoms with Crippen molar-refractivity contribution in [2.24, 2.45) is 0 Å². The van der Waals surface area contributed by atoms with Gasteiger partial charge in [0.15, 0.2) is 17.1 Å². The summed E-state index contributed by atoms with van der Waals surface area (Å²) >= 11 is 0. The van der Waals surface area contributed by atoms with Crippen molar-refractivity contribution in [3.8, 4) is 11.5 Å². The van der Waals surface area contributed by atoms with E-state index in [1.807, 2.05) is 32.0 Å². The zero-order valence-electron chi connectivity index (χ0n) is 19.3. The molecule has 0 aliphatic heterocycles. The number of aromatic nitrogens is 3. The third-order valence-electron chi connectivity index (χ3n) is 5.49. The van der Waals surface area contributed by atoms with Crippen molar-refractivity contribution in [3.63, 3.8) is 0 Å². The van der Waals surface area contributed by atoms with Crippen molar-refractivity contribution in [1.82, 2.24) is 19.5 Å². The van der Waals surface area contributed by atoms with E-state index in [1.165, 1.54) is 4.68 Å². The molecule has 33 heavy (non-hydrogen) atoms. The number of carbonyl (C=O) groups is 1. The van der Waals surface area contributed by atoms with Crippen LogP contribution in [0.1, 0.15) is 38.2 Å². The van der Waals surface area contributed by atoms with Gasteiger partial charge in [0.2, 0.25) is 5.91 Å². The fraction of sp³-hybridized carbons (Fsp3) is 0.375. The predicted octanol–water partition coefficient (Wildman–Crippen LogP) is 3.27. The van der Waals surface area contributed by atoms with Crippen molar-refractivity contribution in [1.29, 1.82) is 0 Å². The van der Waals surface area contributed by atoms with Gasteiger partial charge in [-0.1, -0.05) is 6.07 Å². The summed E-state index contributed by atoms with van der Waals surface area (Å²) in [7, 11) is 0. The molecule has 4 rings (SSSR count). The molecule has 0 saturated heterocycles. The van der Waals surface area contributed by atoms with E-state index in [0.717, 1.165) is 11.1 Å². The summed E-state index contributed by atoms with van der Waals surface area (Å²) < 4.78 is 19.6. The lowest BCUT2D eigenvalue weighted by Crippen LogP contribution is -2.38. The van der Waals surface area contributed by atoms with Gasteiger partial charge in [0.1, 0.15) is 17.4 Å². The second-order valence-corrected chi connectivity index (χ2v) is 7.70. The van der Waals surface area contributed by atoms with Crippen LogP contribution >= 0.6 is 0 Å². The molecule has 0 unspecified atom stereocenters. The molecular formula is C24H28N4O5. The van der Waals surface area contributed by atoms with Crippen LogP contribution in [0.25, 0.3) is 16.6 Å². The van der Waals surface area contributed by atoms with E-state index in [1.54, 1.807) is 36.6 Å². The van der Waals surface area contributed by atoms with Crippen LogP contribution in [0.2, 0.25) is 0 Å². The van der Waals surface area contributed by atoms with Crippen LogP contribution in [0, 0.1) is 6.92 Å². The molecule has 0 radical (unpaired) electrons. The smallest absolute Gasteiger partial charge is 0.291 e. The minimum atomic E-state index is -0.762. The number of rotatable bonds is 9. The molecule has 1 atom stereocenters. The molecular weight excluding hydrogens is 424 g/mol. The number of hydrogen-bond donors (Lipinski definition) is 1. The van der Waals surface area contributed by atoms with E-state index < -0.39 is 6.04 Å². The first kappa shape index (κ1) is 22.4. The van der Waals surface area contributed by atoms with Crippen LogP contribution in [0.15, 0.2) is 45.8 Å². The maximum atomic E-state index is 13.0. The molecule has 4 aromatic rings. The standard InChI is InChI=1S/C24H28N4O5/c1-5-31-20-8-7-17(13-22(20)32-6-2)9-11-25-23(29)15(3)28-24(30)19-14-21-18(10-12-33-21)27(19)16(4)26-28/h7-8,10,12-15H,5-6,9,11H2,1-4H3,(H,25,29)/t15-/m0/s1. The second-order valence-electron chi connectivity index (χ2n) is 7.70. The van der Waals surface area contributed by atoms with E-state index in [2.05, 4.69) is 10.4 Å². The van der Waals surface area contributed by atoms with Gasteiger partial charge in [-0.15, -0.1) is 0 Å². The zero-order valence-corrected chi connectivity index (χ0v) is 19.3. The lowest BCUT2D eigenvalue weighted by atomic mass is 10.1. The Bertz CT molecular complexity index is 1350. The second kappa shape index (κ2) is 9.40. The number of aryl methyl sites for hydroxylation is 1. The molecule has 1 aromatic carbocycles. The van der Waals surface area contributed by atoms with Crippen molar-refractivity contribution in [3.05, 3.63) is 58.3 Å². The van der Waals surface area contributed by atoms with Gasteiger partial charge in [-0.3, -0.25) is 14.0 Å². The summed E-state index contributed by atoms with van der Waals surface area (Å²) in [6.07, 6.45) is 2.18. The monoisotopic (exact) mass is 452 g/mol. The fourth-order valence-electron chi connectivity index (χ4n) is 3.90. The largest absolute Gasteiger partial charge is 0.490 e. The Morgan fingerprint density at radius 2 is 1.88 bits per heavy atom. The van der Waals surface area contributed by atoms with E-state index in [0.29, 0.717) is 54.6 Å². The van der Waals surface area contributed by atoms with Crippen LogP contribution < -0.4 is 20.3 Å². The van der Waals surface area contributed by atoms with Gasteiger partial charge in [-0.2, -0.15) is 5.10 Å². The maximum absolute atomic E-state index is 13.0. The van der Waals surface area contributed by atoms with Crippen LogP contribution in [0.4, 0.5) is 0 Å². The summed E-state index contributed by atoms with van der Waals surface area (Å²) in [6, 6.07) is 8.46. The van der Waals surface area contributed by atoms with Gasteiger partial charge >= 0.3 is 0 Å². The number of furan rings is 1. The summed E-state index contributed by atoms with van der Waals surface area (Å²) in [5.41, 5.74) is 2.47. The number of nitrogens with zero attached hydrogens (tertiary/aromatic N) is 3. The molecule has 174 valence electrons. The van der Waals surface area contributed by atoms with E-state index in [-0.39, 0.29) is 11.5 Å². The molecule has 3 heterocycles. The van der Waals surface area contributed by atoms with Crippen LogP contribution in [0.5, 0.6) is 11.5 Å². The van der Waals surface area contributed by atoms with Gasteiger partial charge in [0, 0.05) is 18.7 Å². The topological polar surface area (TPSA) is 100 Å². The van der Waals surface area contributed by atoms with E-state index in [4.69, 9.17) is 13.9 Å². The van der Waals surface area contributed by atoms with Crippen molar-refractivity contribution in [2.45, 2.75) is 40.2 Å². The quantitative estimate of drug-likeness (QED) is 0.418. The Morgan fingerprint density at radius 3 is 2.64 bits per heavy atom. The maximum Gasteiger partial charge on any atom is 0.291 e. The van der Waals surface area contributed by atoms with Gasteiger partial charge < -0.3 is 19.2 Å². The van der Waals surface area contributed by atoms with Gasteiger partial charge in [-0.25, -0.2) is 4.68 Å². The summed E-state index contributed by atoms with van der Waals surface area (Å²) in [6.45, 7) is 8.81. The van der Waals surface area contributed by atoms with Crippen molar-refractivity contribution in [2.75, 3.05) is 19.8 Å². The molecule has 1 amide bonds. The molecule has 9 nitrogen and oxygen atoms in total. The Balaban J connectivity index is 1.46. The Kier molecular flexibility index (Phi) is 6.39. The highest BCUT2D eigenvalue weighted by Crippen LogP contribution is 2.28. The fourth-order valence-corrected chi connectivity index (χ4v) is 3.90. The first-order valence-electron chi connectivity index (χ1n) is 11.1. The first-order valence-corrected chi connectivity index (χ1v) is 11.1. The van der Waals surface area contributed by atoms with Crippen LogP contribution in [-0.4, -0.2) is 39.8 Å². The van der Waals surface area contributed by atoms with Crippen molar-refractivity contribution >= 4 is 22.5 Å². The summed E-state index contributed by atoms with van der Waals surface area (Å²) in [5.74, 6) is 1.71. The average molecular weight is 453 g/mol. The number of ether oxygens (including phenoxy) is 2. The lowest BCUT2D eigenvalue weighted by Gasteiger charge is -2.16. The molecule has 0 bridgehead atoms. The third-order valence-corrected chi connectivity index (χ3v) is 5.49.